The van der Waals surface area contributed by atoms with Crippen LogP contribution in [0.5, 0.6) is 0 Å². The average molecular weight is 477 g/mol. The summed E-state index contributed by atoms with van der Waals surface area (Å²) in [5, 5.41) is 2.69. The fraction of sp³-hybridized carbons (Fsp3) is 0.320. The van der Waals surface area contributed by atoms with Crippen LogP contribution in [0.1, 0.15) is 64.6 Å². The second kappa shape index (κ2) is 9.05. The number of imide groups is 2. The lowest BCUT2D eigenvalue weighted by Crippen LogP contribution is -2.36. The predicted octanol–water partition coefficient (Wildman–Crippen LogP) is 1.96. The molecule has 10 heteroatoms. The first-order chi connectivity index (χ1) is 16.9. The molecule has 1 N–H and O–H groups in total. The monoisotopic (exact) mass is 477 g/mol. The molecule has 10 nitrogen and oxygen atoms in total. The summed E-state index contributed by atoms with van der Waals surface area (Å²) in [4.78, 5) is 65.8. The Hall–Kier alpha value is -3.89. The van der Waals surface area contributed by atoms with E-state index in [-0.39, 0.29) is 53.6 Å². The summed E-state index contributed by atoms with van der Waals surface area (Å²) < 4.78 is 10.5. The smallest absolute Gasteiger partial charge is 0.261 e. The first kappa shape index (κ1) is 22.9. The number of carbonyl (C=O) groups excluding carboxylic acids is 5. The van der Waals surface area contributed by atoms with Gasteiger partial charge < -0.3 is 14.8 Å². The van der Waals surface area contributed by atoms with E-state index in [9.17, 15) is 24.0 Å². The molecule has 1 atom stereocenters. The van der Waals surface area contributed by atoms with Crippen LogP contribution in [0.25, 0.3) is 0 Å². The van der Waals surface area contributed by atoms with Crippen molar-refractivity contribution in [2.45, 2.75) is 18.9 Å². The molecule has 0 aromatic heterocycles. The van der Waals surface area contributed by atoms with Gasteiger partial charge in [-0.2, -0.15) is 0 Å². The molecule has 0 radical (unpaired) electrons. The maximum atomic E-state index is 12.9. The highest BCUT2D eigenvalue weighted by Gasteiger charge is 2.38. The Kier molecular flexibility index (Phi) is 5.91. The van der Waals surface area contributed by atoms with Gasteiger partial charge in [-0.05, 0) is 49.2 Å². The molecule has 0 aliphatic carbocycles. The van der Waals surface area contributed by atoms with Gasteiger partial charge in [0, 0.05) is 25.0 Å². The lowest BCUT2D eigenvalue weighted by molar-refractivity contribution is 0.0474. The van der Waals surface area contributed by atoms with Crippen molar-refractivity contribution in [3.8, 4) is 0 Å². The summed E-state index contributed by atoms with van der Waals surface area (Å²) >= 11 is 0. The Balaban J connectivity index is 1.32. The van der Waals surface area contributed by atoms with Crippen LogP contribution >= 0.6 is 0 Å². The SMILES string of the molecule is COCCN1C(=O)c2ccc(NC(=O)c3ccc4c(c3)C(=O)N(CC3CCCO3)C4=O)cc2C1=O. The Bertz CT molecular complexity index is 1270. The molecule has 0 spiro atoms. The molecule has 5 rings (SSSR count). The number of hydrogen-bond donors (Lipinski definition) is 1. The normalized spacial score (nSPS) is 18.9. The molecule has 0 bridgehead atoms. The largest absolute Gasteiger partial charge is 0.383 e. The summed E-state index contributed by atoms with van der Waals surface area (Å²) in [7, 11) is 1.48. The molecule has 1 fully saturated rings. The minimum absolute atomic E-state index is 0.135. The molecule has 180 valence electrons. The minimum Gasteiger partial charge on any atom is -0.383 e. The highest BCUT2D eigenvalue weighted by Crippen LogP contribution is 2.28. The fourth-order valence-corrected chi connectivity index (χ4v) is 4.55. The first-order valence-corrected chi connectivity index (χ1v) is 11.3. The third kappa shape index (κ3) is 4.00. The van der Waals surface area contributed by atoms with E-state index in [0.29, 0.717) is 12.3 Å². The van der Waals surface area contributed by atoms with E-state index in [1.807, 2.05) is 0 Å². The molecule has 3 heterocycles. The molecule has 1 saturated heterocycles. The van der Waals surface area contributed by atoms with Crippen molar-refractivity contribution in [1.82, 2.24) is 9.80 Å². The number of anilines is 1. The van der Waals surface area contributed by atoms with Gasteiger partial charge in [0.25, 0.3) is 29.5 Å². The summed E-state index contributed by atoms with van der Waals surface area (Å²) in [6, 6.07) is 8.82. The zero-order valence-corrected chi connectivity index (χ0v) is 19.0. The summed E-state index contributed by atoms with van der Waals surface area (Å²) in [5.74, 6) is -2.22. The third-order valence-electron chi connectivity index (χ3n) is 6.39. The second-order valence-corrected chi connectivity index (χ2v) is 8.59. The molecule has 1 unspecified atom stereocenters. The molecule has 0 saturated carbocycles. The van der Waals surface area contributed by atoms with Crippen LogP contribution in [0, 0.1) is 0 Å². The van der Waals surface area contributed by atoms with Gasteiger partial charge >= 0.3 is 0 Å². The minimum atomic E-state index is -0.515. The van der Waals surface area contributed by atoms with E-state index in [0.717, 1.165) is 17.7 Å². The van der Waals surface area contributed by atoms with E-state index in [1.54, 1.807) is 0 Å². The topological polar surface area (TPSA) is 122 Å². The number of ether oxygens (including phenoxy) is 2. The van der Waals surface area contributed by atoms with E-state index in [1.165, 1.54) is 48.4 Å². The van der Waals surface area contributed by atoms with Crippen LogP contribution in [-0.4, -0.2) is 78.9 Å². The highest BCUT2D eigenvalue weighted by molar-refractivity contribution is 6.23. The Morgan fingerprint density at radius 3 is 2.31 bits per heavy atom. The van der Waals surface area contributed by atoms with Crippen molar-refractivity contribution >= 4 is 35.2 Å². The number of methoxy groups -OCH3 is 1. The van der Waals surface area contributed by atoms with E-state index in [4.69, 9.17) is 9.47 Å². The second-order valence-electron chi connectivity index (χ2n) is 8.59. The Morgan fingerprint density at radius 2 is 1.60 bits per heavy atom. The zero-order chi connectivity index (χ0) is 24.7. The van der Waals surface area contributed by atoms with Gasteiger partial charge in [-0.25, -0.2) is 0 Å². The molecule has 3 aliphatic rings. The van der Waals surface area contributed by atoms with Crippen molar-refractivity contribution in [2.75, 3.05) is 38.7 Å². The number of carbonyl (C=O) groups is 5. The summed E-state index contributed by atoms with van der Waals surface area (Å²) in [5.41, 5.74) is 1.40. The predicted molar refractivity (Wildman–Crippen MR) is 122 cm³/mol. The number of nitrogens with zero attached hydrogens (tertiary/aromatic N) is 2. The number of amides is 5. The summed E-state index contributed by atoms with van der Waals surface area (Å²) in [6.45, 7) is 1.17. The molecule has 2 aromatic rings. The van der Waals surface area contributed by atoms with E-state index >= 15 is 0 Å². The number of fused-ring (bicyclic) bond motifs is 2. The van der Waals surface area contributed by atoms with Crippen LogP contribution in [0.15, 0.2) is 36.4 Å². The molecular formula is C25H23N3O7. The third-order valence-corrected chi connectivity index (χ3v) is 6.39. The molecule has 35 heavy (non-hydrogen) atoms. The van der Waals surface area contributed by atoms with Gasteiger partial charge in [-0.3, -0.25) is 33.8 Å². The van der Waals surface area contributed by atoms with Crippen molar-refractivity contribution in [3.05, 3.63) is 64.2 Å². The zero-order valence-electron chi connectivity index (χ0n) is 19.0. The van der Waals surface area contributed by atoms with Crippen molar-refractivity contribution < 1.29 is 33.4 Å². The fourth-order valence-electron chi connectivity index (χ4n) is 4.55. The molecule has 3 aliphatic heterocycles. The maximum Gasteiger partial charge on any atom is 0.261 e. The standard InChI is InChI=1S/C25H23N3O7/c1-34-10-8-27-22(30)18-7-5-15(12-20(18)24(27)32)26-21(29)14-4-6-17-19(11-14)25(33)28(23(17)31)13-16-3-2-9-35-16/h4-7,11-12,16H,2-3,8-10,13H2,1H3,(H,26,29). The van der Waals surface area contributed by atoms with Gasteiger partial charge in [0.05, 0.1) is 48.1 Å². The van der Waals surface area contributed by atoms with Gasteiger partial charge in [0.1, 0.15) is 0 Å². The molecule has 5 amide bonds. The van der Waals surface area contributed by atoms with E-state index in [2.05, 4.69) is 5.32 Å². The average Bonchev–Trinajstić information content (AvgIpc) is 3.52. The van der Waals surface area contributed by atoms with Crippen LogP contribution in [0.2, 0.25) is 0 Å². The lowest BCUT2D eigenvalue weighted by Gasteiger charge is -2.17. The van der Waals surface area contributed by atoms with Gasteiger partial charge in [-0.15, -0.1) is 0 Å². The number of benzene rings is 2. The number of hydrogen-bond acceptors (Lipinski definition) is 7. The lowest BCUT2D eigenvalue weighted by atomic mass is 10.0. The first-order valence-electron chi connectivity index (χ1n) is 11.3. The van der Waals surface area contributed by atoms with Gasteiger partial charge in [0.15, 0.2) is 0 Å². The Labute approximate surface area is 200 Å². The van der Waals surface area contributed by atoms with Gasteiger partial charge in [-0.1, -0.05) is 0 Å². The summed E-state index contributed by atoms with van der Waals surface area (Å²) in [6.07, 6.45) is 1.52. The van der Waals surface area contributed by atoms with E-state index < -0.39 is 29.5 Å². The van der Waals surface area contributed by atoms with Crippen LogP contribution < -0.4 is 5.32 Å². The van der Waals surface area contributed by atoms with Crippen molar-refractivity contribution in [2.24, 2.45) is 0 Å². The molecule has 2 aromatic carbocycles. The maximum absolute atomic E-state index is 12.9. The molecular weight excluding hydrogens is 454 g/mol. The quantitative estimate of drug-likeness (QED) is 0.605. The number of nitrogens with one attached hydrogen (secondary N) is 1. The van der Waals surface area contributed by atoms with Crippen molar-refractivity contribution in [3.63, 3.8) is 0 Å². The Morgan fingerprint density at radius 1 is 0.943 bits per heavy atom. The number of rotatable bonds is 7. The van der Waals surface area contributed by atoms with Crippen molar-refractivity contribution in [1.29, 1.82) is 0 Å². The van der Waals surface area contributed by atoms with Gasteiger partial charge in [0.2, 0.25) is 0 Å². The van der Waals surface area contributed by atoms with Crippen LogP contribution in [0.4, 0.5) is 5.69 Å². The highest BCUT2D eigenvalue weighted by atomic mass is 16.5. The van der Waals surface area contributed by atoms with Crippen LogP contribution in [0.3, 0.4) is 0 Å². The van der Waals surface area contributed by atoms with Crippen LogP contribution in [-0.2, 0) is 9.47 Å².